The highest BCUT2D eigenvalue weighted by molar-refractivity contribution is 7.99. The van der Waals surface area contributed by atoms with Crippen LogP contribution >= 0.6 is 11.8 Å². The molecule has 0 atom stereocenters. The van der Waals surface area contributed by atoms with E-state index >= 15 is 0 Å². The predicted octanol–water partition coefficient (Wildman–Crippen LogP) is 2.54. The Bertz CT molecular complexity index is 377. The number of para-hydroxylation sites is 1. The summed E-state index contributed by atoms with van der Waals surface area (Å²) in [6, 6.07) is 5.78. The van der Waals surface area contributed by atoms with Gasteiger partial charge in [0.25, 0.3) is 0 Å². The molecule has 1 aromatic rings. The van der Waals surface area contributed by atoms with E-state index in [9.17, 15) is 9.90 Å². The second-order valence-corrected chi connectivity index (χ2v) is 4.92. The molecule has 0 saturated heterocycles. The lowest BCUT2D eigenvalue weighted by molar-refractivity contribution is -0.137. The Morgan fingerprint density at radius 2 is 2.24 bits per heavy atom. The summed E-state index contributed by atoms with van der Waals surface area (Å²) >= 11 is 1.56. The van der Waals surface area contributed by atoms with Gasteiger partial charge in [-0.25, -0.2) is 0 Å². The molecular formula is C13H18O3S. The first-order chi connectivity index (χ1) is 8.15. The molecule has 1 N–H and O–H groups in total. The van der Waals surface area contributed by atoms with Gasteiger partial charge in [0, 0.05) is 0 Å². The SMILES string of the molecule is COC(=O)CSCCCc1cccc(C)c1O. The van der Waals surface area contributed by atoms with E-state index in [4.69, 9.17) is 0 Å². The molecule has 1 aromatic carbocycles. The molecule has 17 heavy (non-hydrogen) atoms. The van der Waals surface area contributed by atoms with E-state index in [0.29, 0.717) is 11.5 Å². The standard InChI is InChI=1S/C13H18O3S/c1-10-5-3-6-11(13(10)15)7-4-8-17-9-12(14)16-2/h3,5-6,15H,4,7-9H2,1-2H3. The minimum atomic E-state index is -0.187. The number of ether oxygens (including phenoxy) is 1. The van der Waals surface area contributed by atoms with Crippen molar-refractivity contribution in [2.75, 3.05) is 18.6 Å². The number of thioether (sulfide) groups is 1. The highest BCUT2D eigenvalue weighted by Crippen LogP contribution is 2.23. The van der Waals surface area contributed by atoms with E-state index in [-0.39, 0.29) is 5.97 Å². The first-order valence-corrected chi connectivity index (χ1v) is 6.72. The molecular weight excluding hydrogens is 236 g/mol. The summed E-state index contributed by atoms with van der Waals surface area (Å²) in [6.07, 6.45) is 1.78. The van der Waals surface area contributed by atoms with Gasteiger partial charge in [0.15, 0.2) is 0 Å². The van der Waals surface area contributed by atoms with Crippen LogP contribution in [0.1, 0.15) is 17.5 Å². The number of benzene rings is 1. The zero-order valence-electron chi connectivity index (χ0n) is 10.2. The highest BCUT2D eigenvalue weighted by atomic mass is 32.2. The summed E-state index contributed by atoms with van der Waals surface area (Å²) in [6.45, 7) is 1.89. The van der Waals surface area contributed by atoms with Crippen molar-refractivity contribution in [3.05, 3.63) is 29.3 Å². The molecule has 94 valence electrons. The van der Waals surface area contributed by atoms with Gasteiger partial charge in [0.1, 0.15) is 5.75 Å². The maximum Gasteiger partial charge on any atom is 0.315 e. The van der Waals surface area contributed by atoms with Gasteiger partial charge in [-0.05, 0) is 36.6 Å². The van der Waals surface area contributed by atoms with E-state index in [2.05, 4.69) is 4.74 Å². The molecule has 0 bridgehead atoms. The number of carbonyl (C=O) groups is 1. The van der Waals surface area contributed by atoms with Gasteiger partial charge in [-0.2, -0.15) is 11.8 Å². The minimum Gasteiger partial charge on any atom is -0.507 e. The third-order valence-corrected chi connectivity index (χ3v) is 3.52. The molecule has 0 spiro atoms. The lowest BCUT2D eigenvalue weighted by Gasteiger charge is -2.06. The smallest absolute Gasteiger partial charge is 0.315 e. The van der Waals surface area contributed by atoms with E-state index in [0.717, 1.165) is 29.7 Å². The molecule has 0 aliphatic heterocycles. The Balaban J connectivity index is 2.27. The molecule has 3 nitrogen and oxygen atoms in total. The van der Waals surface area contributed by atoms with Crippen molar-refractivity contribution in [1.82, 2.24) is 0 Å². The topological polar surface area (TPSA) is 46.5 Å². The average Bonchev–Trinajstić information content (AvgIpc) is 2.33. The van der Waals surface area contributed by atoms with E-state index < -0.39 is 0 Å². The van der Waals surface area contributed by atoms with Crippen LogP contribution in [-0.2, 0) is 16.0 Å². The maximum atomic E-state index is 10.9. The van der Waals surface area contributed by atoms with Crippen molar-refractivity contribution < 1.29 is 14.6 Å². The van der Waals surface area contributed by atoms with Crippen molar-refractivity contribution in [3.63, 3.8) is 0 Å². The molecule has 0 unspecified atom stereocenters. The van der Waals surface area contributed by atoms with Gasteiger partial charge < -0.3 is 9.84 Å². The van der Waals surface area contributed by atoms with E-state index in [1.807, 2.05) is 25.1 Å². The number of methoxy groups -OCH3 is 1. The molecule has 0 aliphatic carbocycles. The van der Waals surface area contributed by atoms with Gasteiger partial charge in [-0.15, -0.1) is 0 Å². The van der Waals surface area contributed by atoms with Crippen LogP contribution in [0.15, 0.2) is 18.2 Å². The number of carbonyl (C=O) groups excluding carboxylic acids is 1. The van der Waals surface area contributed by atoms with Crippen molar-refractivity contribution in [2.45, 2.75) is 19.8 Å². The minimum absolute atomic E-state index is 0.187. The first-order valence-electron chi connectivity index (χ1n) is 5.57. The Morgan fingerprint density at radius 3 is 2.94 bits per heavy atom. The van der Waals surface area contributed by atoms with Crippen LogP contribution in [0.2, 0.25) is 0 Å². The molecule has 0 aromatic heterocycles. The average molecular weight is 254 g/mol. The van der Waals surface area contributed by atoms with Crippen molar-refractivity contribution in [2.24, 2.45) is 0 Å². The van der Waals surface area contributed by atoms with E-state index in [1.54, 1.807) is 11.8 Å². The molecule has 0 saturated carbocycles. The zero-order chi connectivity index (χ0) is 12.7. The number of phenolic OH excluding ortho intramolecular Hbond substituents is 1. The Morgan fingerprint density at radius 1 is 1.47 bits per heavy atom. The van der Waals surface area contributed by atoms with Crippen LogP contribution in [0.25, 0.3) is 0 Å². The normalized spacial score (nSPS) is 10.2. The van der Waals surface area contributed by atoms with Crippen LogP contribution in [-0.4, -0.2) is 29.7 Å². The summed E-state index contributed by atoms with van der Waals surface area (Å²) < 4.78 is 4.55. The summed E-state index contributed by atoms with van der Waals surface area (Å²) in [5.41, 5.74) is 1.88. The number of hydrogen-bond acceptors (Lipinski definition) is 4. The lowest BCUT2D eigenvalue weighted by atomic mass is 10.1. The molecule has 1 rings (SSSR count). The fourth-order valence-corrected chi connectivity index (χ4v) is 2.28. The fraction of sp³-hybridized carbons (Fsp3) is 0.462. The van der Waals surface area contributed by atoms with Crippen LogP contribution in [0.3, 0.4) is 0 Å². The zero-order valence-corrected chi connectivity index (χ0v) is 11.0. The number of aryl methyl sites for hydroxylation is 2. The molecule has 0 heterocycles. The van der Waals surface area contributed by atoms with E-state index in [1.165, 1.54) is 7.11 Å². The largest absolute Gasteiger partial charge is 0.507 e. The van der Waals surface area contributed by atoms with Gasteiger partial charge in [0.05, 0.1) is 12.9 Å². The third-order valence-electron chi connectivity index (χ3n) is 2.50. The van der Waals surface area contributed by atoms with Crippen LogP contribution in [0.4, 0.5) is 0 Å². The summed E-state index contributed by atoms with van der Waals surface area (Å²) in [4.78, 5) is 10.9. The third kappa shape index (κ3) is 4.69. The van der Waals surface area contributed by atoms with Crippen molar-refractivity contribution >= 4 is 17.7 Å². The van der Waals surface area contributed by atoms with Crippen molar-refractivity contribution in [1.29, 1.82) is 0 Å². The van der Waals surface area contributed by atoms with Crippen LogP contribution in [0.5, 0.6) is 5.75 Å². The van der Waals surface area contributed by atoms with Gasteiger partial charge in [0.2, 0.25) is 0 Å². The number of rotatable bonds is 6. The first kappa shape index (κ1) is 13.9. The number of hydrogen-bond donors (Lipinski definition) is 1. The monoisotopic (exact) mass is 254 g/mol. The van der Waals surface area contributed by atoms with Gasteiger partial charge in [-0.3, -0.25) is 4.79 Å². The van der Waals surface area contributed by atoms with Crippen molar-refractivity contribution in [3.8, 4) is 5.75 Å². The molecule has 0 amide bonds. The molecule has 0 aliphatic rings. The molecule has 4 heteroatoms. The van der Waals surface area contributed by atoms with Crippen LogP contribution < -0.4 is 0 Å². The second-order valence-electron chi connectivity index (χ2n) is 3.81. The number of esters is 1. The predicted molar refractivity (Wildman–Crippen MR) is 70.5 cm³/mol. The fourth-order valence-electron chi connectivity index (χ4n) is 1.50. The maximum absolute atomic E-state index is 10.9. The highest BCUT2D eigenvalue weighted by Gasteiger charge is 2.04. The van der Waals surface area contributed by atoms with Crippen LogP contribution in [0, 0.1) is 6.92 Å². The molecule has 0 radical (unpaired) electrons. The summed E-state index contributed by atoms with van der Waals surface area (Å²) in [5, 5.41) is 9.80. The van der Waals surface area contributed by atoms with Gasteiger partial charge in [-0.1, -0.05) is 18.2 Å². The number of phenols is 1. The summed E-state index contributed by atoms with van der Waals surface area (Å²) in [5.74, 6) is 1.50. The molecule has 0 fully saturated rings. The summed E-state index contributed by atoms with van der Waals surface area (Å²) in [7, 11) is 1.40. The quantitative estimate of drug-likeness (QED) is 0.626. The van der Waals surface area contributed by atoms with Gasteiger partial charge >= 0.3 is 5.97 Å². The lowest BCUT2D eigenvalue weighted by Crippen LogP contribution is -2.03. The number of aromatic hydroxyl groups is 1. The Hall–Kier alpha value is -1.16. The Labute approximate surface area is 106 Å². The Kier molecular flexibility index (Phi) is 5.91. The second kappa shape index (κ2) is 7.22.